The van der Waals surface area contributed by atoms with Crippen molar-refractivity contribution in [2.45, 2.75) is 33.6 Å². The number of rotatable bonds is 4. The minimum atomic E-state index is 0. The normalized spacial score (nSPS) is 10.3. The molecule has 0 saturated carbocycles. The molecular weight excluding hydrogens is 362 g/mol. The van der Waals surface area contributed by atoms with E-state index in [2.05, 4.69) is 75.4 Å². The van der Waals surface area contributed by atoms with E-state index in [0.29, 0.717) is 0 Å². The van der Waals surface area contributed by atoms with E-state index < -0.39 is 0 Å². The Balaban J connectivity index is 0.00000208. The van der Waals surface area contributed by atoms with Gasteiger partial charge in [-0.05, 0) is 61.4 Å². The number of benzene rings is 3. The Morgan fingerprint density at radius 2 is 1.08 bits per heavy atom. The monoisotopic (exact) mass is 384 g/mol. The molecule has 0 radical (unpaired) electrons. The second kappa shape index (κ2) is 9.24. The second-order valence-electron chi connectivity index (χ2n) is 6.38. The third-order valence-electron chi connectivity index (χ3n) is 4.71. The molecule has 3 rings (SSSR count). The van der Waals surface area contributed by atoms with Crippen LogP contribution in [0.2, 0.25) is 0 Å². The zero-order chi connectivity index (χ0) is 16.2. The maximum atomic E-state index is 3.08. The molecule has 0 aliphatic carbocycles. The summed E-state index contributed by atoms with van der Waals surface area (Å²) in [6.07, 6.45) is 2.00. The van der Waals surface area contributed by atoms with E-state index in [1.54, 1.807) is 0 Å². The smallest absolute Gasteiger partial charge is 0.184 e. The van der Waals surface area contributed by atoms with E-state index in [1.807, 2.05) is 12.1 Å². The molecule has 3 aromatic carbocycles. The first-order valence-electron chi connectivity index (χ1n) is 8.22. The Bertz CT molecular complexity index is 786. The summed E-state index contributed by atoms with van der Waals surface area (Å²) >= 11 is 0. The molecule has 24 heavy (non-hydrogen) atoms. The van der Waals surface area contributed by atoms with Crippen LogP contribution in [-0.2, 0) is 12.8 Å². The third kappa shape index (κ3) is 4.99. The van der Waals surface area contributed by atoms with E-state index >= 15 is 0 Å². The van der Waals surface area contributed by atoms with Crippen LogP contribution in [0.25, 0.3) is 0 Å². The fourth-order valence-corrected chi connectivity index (χ4v) is 3.00. The van der Waals surface area contributed by atoms with Gasteiger partial charge in [0.05, 0.1) is 0 Å². The van der Waals surface area contributed by atoms with E-state index in [1.165, 1.54) is 38.9 Å². The number of aryl methyl sites for hydroxylation is 1. The predicted octanol–water partition coefficient (Wildman–Crippen LogP) is 2.60. The molecule has 0 N–H and O–H groups in total. The van der Waals surface area contributed by atoms with Gasteiger partial charge in [-0.25, -0.2) is 0 Å². The summed E-state index contributed by atoms with van der Waals surface area (Å²) in [5.41, 5.74) is 9.73. The molecule has 1 heteroatoms. The van der Waals surface area contributed by atoms with Crippen molar-refractivity contribution >= 4 is 0 Å². The van der Waals surface area contributed by atoms with Gasteiger partial charge in [0, 0.05) is 0 Å². The van der Waals surface area contributed by atoms with Gasteiger partial charge in [0.2, 0.25) is 0 Å². The molecule has 0 aromatic heterocycles. The average Bonchev–Trinajstić information content (AvgIpc) is 2.57. The van der Waals surface area contributed by atoms with E-state index in [0.717, 1.165) is 12.8 Å². The van der Waals surface area contributed by atoms with Crippen LogP contribution in [0, 0.1) is 26.8 Å². The van der Waals surface area contributed by atoms with Gasteiger partial charge in [0.15, 0.2) is 0 Å². The quantitative estimate of drug-likeness (QED) is 0.607. The van der Waals surface area contributed by atoms with Gasteiger partial charge in [-0.3, -0.25) is 0 Å². The zero-order valence-electron chi connectivity index (χ0n) is 15.2. The van der Waals surface area contributed by atoms with Crippen LogP contribution in [0.4, 0.5) is 0 Å². The summed E-state index contributed by atoms with van der Waals surface area (Å²) in [6.45, 7) is 6.63. The second-order valence-corrected chi connectivity index (χ2v) is 6.38. The average molecular weight is 385 g/mol. The van der Waals surface area contributed by atoms with Crippen LogP contribution < -0.4 is 58.2 Å². The van der Waals surface area contributed by atoms with E-state index in [9.17, 15) is 0 Å². The van der Waals surface area contributed by atoms with Crippen LogP contribution in [0.15, 0.2) is 60.7 Å². The summed E-state index contributed by atoms with van der Waals surface area (Å²) < 4.78 is 0. The van der Waals surface area contributed by atoms with Crippen LogP contribution in [0.1, 0.15) is 38.9 Å². The van der Waals surface area contributed by atoms with Gasteiger partial charge in [-0.2, -0.15) is 35.9 Å². The largest absolute Gasteiger partial charge is 1.00 e. The van der Waals surface area contributed by atoms with Crippen LogP contribution in [0.3, 0.4) is 0 Å². The molecule has 0 heterocycles. The van der Waals surface area contributed by atoms with Gasteiger partial charge in [-0.15, -0.1) is 0 Å². The van der Waals surface area contributed by atoms with Crippen molar-refractivity contribution < 1.29 is 58.2 Å². The van der Waals surface area contributed by atoms with Crippen molar-refractivity contribution in [2.24, 2.45) is 0 Å². The van der Waals surface area contributed by atoms with Gasteiger partial charge in [-0.1, -0.05) is 42.0 Å². The van der Waals surface area contributed by atoms with Crippen molar-refractivity contribution in [3.63, 3.8) is 0 Å². The van der Waals surface area contributed by atoms with Crippen LogP contribution in [-0.4, -0.2) is 0 Å². The minimum absolute atomic E-state index is 0. The Morgan fingerprint density at radius 1 is 0.625 bits per heavy atom. The Kier molecular flexibility index (Phi) is 7.62. The van der Waals surface area contributed by atoms with Gasteiger partial charge in [0.25, 0.3) is 0 Å². The summed E-state index contributed by atoms with van der Waals surface area (Å²) in [6, 6.07) is 24.8. The summed E-state index contributed by atoms with van der Waals surface area (Å²) in [5.74, 6) is 0. The molecule has 0 aliphatic heterocycles. The van der Waals surface area contributed by atoms with E-state index in [-0.39, 0.29) is 58.2 Å². The molecule has 0 amide bonds. The first kappa shape index (κ1) is 19.8. The molecule has 0 aliphatic rings. The van der Waals surface area contributed by atoms with Crippen LogP contribution >= 0.6 is 0 Å². The first-order valence-corrected chi connectivity index (χ1v) is 8.22. The summed E-state index contributed by atoms with van der Waals surface area (Å²) in [5, 5.41) is 0. The summed E-state index contributed by atoms with van der Waals surface area (Å²) in [4.78, 5) is 0. The fraction of sp³-hybridized carbons (Fsp3) is 0.217. The van der Waals surface area contributed by atoms with Gasteiger partial charge < -0.3 is 0 Å². The molecule has 0 atom stereocenters. The van der Waals surface area contributed by atoms with Gasteiger partial charge in [0.1, 0.15) is 0 Å². The van der Waals surface area contributed by atoms with Gasteiger partial charge >= 0.3 is 58.2 Å². The molecule has 0 nitrogen and oxygen atoms in total. The van der Waals surface area contributed by atoms with Crippen LogP contribution in [0.5, 0.6) is 0 Å². The third-order valence-corrected chi connectivity index (χ3v) is 4.71. The molecule has 0 spiro atoms. The Morgan fingerprint density at radius 3 is 1.58 bits per heavy atom. The molecule has 0 bridgehead atoms. The zero-order valence-corrected chi connectivity index (χ0v) is 20.1. The van der Waals surface area contributed by atoms with E-state index in [4.69, 9.17) is 0 Å². The van der Waals surface area contributed by atoms with Crippen molar-refractivity contribution in [3.05, 3.63) is 106 Å². The molecule has 3 aromatic rings. The molecule has 0 saturated heterocycles. The first-order chi connectivity index (χ1) is 11.1. The minimum Gasteiger partial charge on any atom is -0.184 e. The maximum Gasteiger partial charge on any atom is 1.00 e. The predicted molar refractivity (Wildman–Crippen MR) is 98.0 cm³/mol. The molecule has 0 unspecified atom stereocenters. The molecule has 116 valence electrons. The van der Waals surface area contributed by atoms with Crippen molar-refractivity contribution in [2.75, 3.05) is 0 Å². The van der Waals surface area contributed by atoms with Crippen molar-refractivity contribution in [1.82, 2.24) is 0 Å². The molecular formula is C23H23Rb. The summed E-state index contributed by atoms with van der Waals surface area (Å²) in [7, 11) is 0. The van der Waals surface area contributed by atoms with Crippen molar-refractivity contribution in [3.8, 4) is 0 Å². The number of hydrogen-bond donors (Lipinski definition) is 0. The SMILES string of the molecule is Cc1ccc(Cc2ccc(Cc3cc[c-]cc3)c(C)c2C)cc1.[Rb+]. The molecule has 0 fully saturated rings. The Labute approximate surface area is 195 Å². The topological polar surface area (TPSA) is 0 Å². The number of hydrogen-bond acceptors (Lipinski definition) is 0. The maximum absolute atomic E-state index is 3.08. The fourth-order valence-electron chi connectivity index (χ4n) is 3.00. The van der Waals surface area contributed by atoms with Crippen molar-refractivity contribution in [1.29, 1.82) is 0 Å². The Hall–Kier alpha value is -0.535. The standard InChI is InChI=1S/C23H23.Rb/c1-17-9-11-21(12-10-17)16-23-14-13-22(18(2)19(23)3)15-20-7-5-4-6-8-20;/h5-14H,15-16H2,1-3H3;/q-1;+1.